The van der Waals surface area contributed by atoms with Gasteiger partial charge in [-0.1, -0.05) is 0 Å². The van der Waals surface area contributed by atoms with Crippen LogP contribution in [-0.4, -0.2) is 40.9 Å². The number of piperidine rings is 1. The van der Waals surface area contributed by atoms with Crippen molar-refractivity contribution in [2.45, 2.75) is 18.9 Å². The van der Waals surface area contributed by atoms with E-state index in [9.17, 15) is 4.79 Å². The number of rotatable bonds is 2. The Hall–Kier alpha value is -2.32. The van der Waals surface area contributed by atoms with Crippen molar-refractivity contribution in [3.63, 3.8) is 0 Å². The van der Waals surface area contributed by atoms with Gasteiger partial charge in [-0.25, -0.2) is 0 Å². The fourth-order valence-electron chi connectivity index (χ4n) is 3.76. The molecule has 2 aliphatic rings. The lowest BCUT2D eigenvalue weighted by Gasteiger charge is -2.30. The molecule has 0 radical (unpaired) electrons. The Bertz CT molecular complexity index is 761. The summed E-state index contributed by atoms with van der Waals surface area (Å²) < 4.78 is 1.77. The van der Waals surface area contributed by atoms with Gasteiger partial charge in [-0.05, 0) is 49.6 Å². The van der Waals surface area contributed by atoms with Gasteiger partial charge in [0.1, 0.15) is 11.8 Å². The summed E-state index contributed by atoms with van der Waals surface area (Å²) in [4.78, 5) is 14.9. The zero-order chi connectivity index (χ0) is 15.1. The van der Waals surface area contributed by atoms with Crippen LogP contribution < -0.4 is 5.32 Å². The van der Waals surface area contributed by atoms with E-state index in [-0.39, 0.29) is 11.9 Å². The van der Waals surface area contributed by atoms with E-state index in [1.807, 2.05) is 18.2 Å². The van der Waals surface area contributed by atoms with Crippen LogP contribution in [0, 0.1) is 17.2 Å². The molecule has 5 heteroatoms. The number of amides is 1. The van der Waals surface area contributed by atoms with Crippen molar-refractivity contribution < 1.29 is 4.79 Å². The smallest absolute Gasteiger partial charge is 0.253 e. The van der Waals surface area contributed by atoms with Crippen LogP contribution in [0.1, 0.15) is 28.9 Å². The lowest BCUT2D eigenvalue weighted by Crippen LogP contribution is -2.47. The van der Waals surface area contributed by atoms with Crippen LogP contribution in [0.15, 0.2) is 30.5 Å². The molecule has 2 aliphatic heterocycles. The third kappa shape index (κ3) is 2.26. The summed E-state index contributed by atoms with van der Waals surface area (Å²) in [5, 5.41) is 12.3. The van der Waals surface area contributed by atoms with E-state index in [0.29, 0.717) is 11.3 Å². The molecule has 2 unspecified atom stereocenters. The normalized spacial score (nSPS) is 26.8. The van der Waals surface area contributed by atoms with E-state index >= 15 is 0 Å². The molecule has 0 aliphatic carbocycles. The first-order valence-corrected chi connectivity index (χ1v) is 7.77. The summed E-state index contributed by atoms with van der Waals surface area (Å²) in [5.74, 6) is 0.683. The van der Waals surface area contributed by atoms with E-state index in [1.165, 1.54) is 13.0 Å². The largest absolute Gasteiger partial charge is 0.348 e. The van der Waals surface area contributed by atoms with Gasteiger partial charge in [-0.15, -0.1) is 0 Å². The molecular weight excluding hydrogens is 276 g/mol. The van der Waals surface area contributed by atoms with Crippen LogP contribution in [0.3, 0.4) is 0 Å². The first kappa shape index (κ1) is 13.4. The number of pyridine rings is 1. The van der Waals surface area contributed by atoms with Crippen molar-refractivity contribution in [1.82, 2.24) is 14.6 Å². The van der Waals surface area contributed by atoms with Gasteiger partial charge in [0, 0.05) is 30.8 Å². The van der Waals surface area contributed by atoms with Crippen LogP contribution in [0.5, 0.6) is 0 Å². The summed E-state index contributed by atoms with van der Waals surface area (Å²) in [6.45, 7) is 3.31. The molecule has 4 rings (SSSR count). The molecule has 5 nitrogen and oxygen atoms in total. The van der Waals surface area contributed by atoms with Crippen LogP contribution in [0.2, 0.25) is 0 Å². The second kappa shape index (κ2) is 5.15. The second-order valence-electron chi connectivity index (χ2n) is 6.36. The van der Waals surface area contributed by atoms with Crippen LogP contribution in [0.25, 0.3) is 5.52 Å². The van der Waals surface area contributed by atoms with Crippen molar-refractivity contribution in [3.8, 4) is 6.07 Å². The molecule has 4 heterocycles. The molecule has 0 spiro atoms. The van der Waals surface area contributed by atoms with E-state index in [1.54, 1.807) is 16.7 Å². The topological polar surface area (TPSA) is 60.5 Å². The zero-order valence-corrected chi connectivity index (χ0v) is 12.3. The average Bonchev–Trinajstić information content (AvgIpc) is 3.09. The van der Waals surface area contributed by atoms with Crippen LogP contribution in [-0.2, 0) is 0 Å². The van der Waals surface area contributed by atoms with Gasteiger partial charge in [0.25, 0.3) is 5.91 Å². The minimum absolute atomic E-state index is 0.0491. The molecule has 0 aromatic carbocycles. The lowest BCUT2D eigenvalue weighted by molar-refractivity contribution is 0.0909. The number of carbonyl (C=O) groups is 1. The summed E-state index contributed by atoms with van der Waals surface area (Å²) in [7, 11) is 0. The van der Waals surface area contributed by atoms with Gasteiger partial charge in [-0.3, -0.25) is 4.79 Å². The number of nitrogens with one attached hydrogen (secondary N) is 1. The van der Waals surface area contributed by atoms with Crippen molar-refractivity contribution in [2.24, 2.45) is 5.92 Å². The first-order valence-electron chi connectivity index (χ1n) is 7.77. The predicted molar refractivity (Wildman–Crippen MR) is 82.5 cm³/mol. The molecule has 3 atom stereocenters. The molecule has 1 N–H and O–H groups in total. The van der Waals surface area contributed by atoms with Gasteiger partial charge >= 0.3 is 0 Å². The highest BCUT2D eigenvalue weighted by Gasteiger charge is 2.32. The molecule has 2 bridgehead atoms. The minimum Gasteiger partial charge on any atom is -0.348 e. The Balaban J connectivity index is 1.54. The Morgan fingerprint density at radius 3 is 2.95 bits per heavy atom. The number of nitrogens with zero attached hydrogens (tertiary/aromatic N) is 3. The van der Waals surface area contributed by atoms with Gasteiger partial charge in [0.2, 0.25) is 0 Å². The molecule has 2 aromatic heterocycles. The third-order valence-electron chi connectivity index (χ3n) is 4.83. The third-order valence-corrected chi connectivity index (χ3v) is 4.83. The molecule has 22 heavy (non-hydrogen) atoms. The highest BCUT2D eigenvalue weighted by atomic mass is 16.1. The maximum atomic E-state index is 12.5. The van der Waals surface area contributed by atoms with E-state index in [0.717, 1.165) is 30.9 Å². The second-order valence-corrected chi connectivity index (χ2v) is 6.36. The summed E-state index contributed by atoms with van der Waals surface area (Å²) >= 11 is 0. The maximum absolute atomic E-state index is 12.5. The Morgan fingerprint density at radius 1 is 1.27 bits per heavy atom. The number of aromatic nitrogens is 1. The highest BCUT2D eigenvalue weighted by molar-refractivity contribution is 5.94. The summed E-state index contributed by atoms with van der Waals surface area (Å²) in [6.07, 6.45) is 4.09. The molecule has 112 valence electrons. The quantitative estimate of drug-likeness (QED) is 0.916. The van der Waals surface area contributed by atoms with Crippen molar-refractivity contribution in [3.05, 3.63) is 41.7 Å². The maximum Gasteiger partial charge on any atom is 0.253 e. The number of hydrogen-bond donors (Lipinski definition) is 1. The molecule has 0 saturated carbocycles. The highest BCUT2D eigenvalue weighted by Crippen LogP contribution is 2.26. The molecule has 2 aromatic rings. The molecular formula is C17H18N4O. The van der Waals surface area contributed by atoms with Gasteiger partial charge < -0.3 is 14.6 Å². The standard InChI is InChI=1S/C17H18N4O/c18-8-16-4-3-15-2-1-13(10-21(15)16)17(22)19-14-7-12-5-6-20(9-12)11-14/h1-4,10,12,14H,5-7,9,11H2,(H,19,22)/t12?,14-/m1/s1. The average molecular weight is 294 g/mol. The van der Waals surface area contributed by atoms with E-state index < -0.39 is 0 Å². The van der Waals surface area contributed by atoms with E-state index in [4.69, 9.17) is 5.26 Å². The van der Waals surface area contributed by atoms with E-state index in [2.05, 4.69) is 16.3 Å². The summed E-state index contributed by atoms with van der Waals surface area (Å²) in [6, 6.07) is 9.73. The fourth-order valence-corrected chi connectivity index (χ4v) is 3.76. The Kier molecular flexibility index (Phi) is 3.12. The molecule has 2 fully saturated rings. The first-order chi connectivity index (χ1) is 10.7. The Labute approximate surface area is 129 Å². The van der Waals surface area contributed by atoms with Crippen molar-refractivity contribution >= 4 is 11.4 Å². The summed E-state index contributed by atoms with van der Waals surface area (Å²) in [5.41, 5.74) is 2.08. The zero-order valence-electron chi connectivity index (χ0n) is 12.3. The number of hydrogen-bond acceptors (Lipinski definition) is 3. The SMILES string of the molecule is N#Cc1ccc2ccc(C(=O)N[C@@H]3CC4CCN(C4)C3)cn12. The van der Waals surface area contributed by atoms with Crippen LogP contribution >= 0.6 is 0 Å². The lowest BCUT2D eigenvalue weighted by atomic mass is 9.96. The van der Waals surface area contributed by atoms with Gasteiger partial charge in [0.15, 0.2) is 0 Å². The number of fused-ring (bicyclic) bond motifs is 3. The number of carbonyl (C=O) groups excluding carboxylic acids is 1. The molecule has 2 saturated heterocycles. The van der Waals surface area contributed by atoms with Crippen LogP contribution in [0.4, 0.5) is 0 Å². The van der Waals surface area contributed by atoms with Crippen molar-refractivity contribution in [2.75, 3.05) is 19.6 Å². The van der Waals surface area contributed by atoms with Crippen molar-refractivity contribution in [1.29, 1.82) is 5.26 Å². The minimum atomic E-state index is -0.0491. The monoisotopic (exact) mass is 294 g/mol. The predicted octanol–water partition coefficient (Wildman–Crippen LogP) is 1.63. The Morgan fingerprint density at radius 2 is 2.14 bits per heavy atom. The van der Waals surface area contributed by atoms with Gasteiger partial charge in [0.05, 0.1) is 5.56 Å². The molecule has 1 amide bonds. The number of nitriles is 1. The van der Waals surface area contributed by atoms with Gasteiger partial charge in [-0.2, -0.15) is 5.26 Å². The fraction of sp³-hybridized carbons (Fsp3) is 0.412.